The molecule has 2 nitrogen and oxygen atoms in total. The molecule has 0 amide bonds. The van der Waals surface area contributed by atoms with E-state index in [9.17, 15) is 5.11 Å². The summed E-state index contributed by atoms with van der Waals surface area (Å²) < 4.78 is 0. The minimum atomic E-state index is -0.523. The molecule has 0 aliphatic rings. The SMILES string of the molecule is CC(C)(C)[C@@H](O)[C@@H](N)c1ccccc1.Cl. The maximum Gasteiger partial charge on any atom is 0.0780 e. The third kappa shape index (κ3) is 3.82. The summed E-state index contributed by atoms with van der Waals surface area (Å²) in [6, 6.07) is 9.39. The van der Waals surface area contributed by atoms with Crippen LogP contribution in [0.4, 0.5) is 0 Å². The lowest BCUT2D eigenvalue weighted by molar-refractivity contribution is 0.0401. The van der Waals surface area contributed by atoms with Crippen LogP contribution < -0.4 is 5.73 Å². The van der Waals surface area contributed by atoms with Gasteiger partial charge in [-0.3, -0.25) is 0 Å². The summed E-state index contributed by atoms with van der Waals surface area (Å²) in [5.74, 6) is 0. The Morgan fingerprint density at radius 2 is 1.60 bits per heavy atom. The molecule has 15 heavy (non-hydrogen) atoms. The first kappa shape index (κ1) is 14.4. The van der Waals surface area contributed by atoms with Crippen molar-refractivity contribution in [2.24, 2.45) is 11.1 Å². The Morgan fingerprint density at radius 1 is 1.13 bits per heavy atom. The molecule has 0 radical (unpaired) electrons. The molecule has 0 aromatic heterocycles. The summed E-state index contributed by atoms with van der Waals surface area (Å²) in [5.41, 5.74) is 6.77. The molecule has 0 unspecified atom stereocenters. The van der Waals surface area contributed by atoms with Crippen molar-refractivity contribution in [3.63, 3.8) is 0 Å². The molecular formula is C12H20ClNO. The maximum absolute atomic E-state index is 9.98. The Hall–Kier alpha value is -0.570. The number of hydrogen-bond acceptors (Lipinski definition) is 2. The first-order valence-electron chi connectivity index (χ1n) is 4.91. The Bertz CT molecular complexity index is 281. The second-order valence-corrected chi connectivity index (χ2v) is 4.75. The molecule has 3 heteroatoms. The van der Waals surface area contributed by atoms with Gasteiger partial charge in [-0.1, -0.05) is 51.1 Å². The second-order valence-electron chi connectivity index (χ2n) is 4.75. The minimum Gasteiger partial charge on any atom is -0.391 e. The van der Waals surface area contributed by atoms with Crippen molar-refractivity contribution in [1.82, 2.24) is 0 Å². The summed E-state index contributed by atoms with van der Waals surface area (Å²) >= 11 is 0. The number of halogens is 1. The van der Waals surface area contributed by atoms with Gasteiger partial charge >= 0.3 is 0 Å². The van der Waals surface area contributed by atoms with Gasteiger partial charge in [-0.15, -0.1) is 12.4 Å². The lowest BCUT2D eigenvalue weighted by Gasteiger charge is -2.30. The van der Waals surface area contributed by atoms with Crippen molar-refractivity contribution in [2.45, 2.75) is 32.9 Å². The van der Waals surface area contributed by atoms with Crippen LogP contribution >= 0.6 is 12.4 Å². The van der Waals surface area contributed by atoms with E-state index in [2.05, 4.69) is 0 Å². The fraction of sp³-hybridized carbons (Fsp3) is 0.500. The van der Waals surface area contributed by atoms with Gasteiger partial charge in [0.15, 0.2) is 0 Å². The second kappa shape index (κ2) is 5.50. The van der Waals surface area contributed by atoms with Gasteiger partial charge in [-0.05, 0) is 11.0 Å². The average Bonchev–Trinajstić information content (AvgIpc) is 2.15. The molecule has 1 aromatic rings. The number of rotatable bonds is 2. The molecular weight excluding hydrogens is 210 g/mol. The molecule has 1 aromatic carbocycles. The Kier molecular flexibility index (Phi) is 5.29. The lowest BCUT2D eigenvalue weighted by atomic mass is 9.82. The normalized spacial score (nSPS) is 15.3. The van der Waals surface area contributed by atoms with Crippen molar-refractivity contribution in [3.8, 4) is 0 Å². The highest BCUT2D eigenvalue weighted by molar-refractivity contribution is 5.85. The highest BCUT2D eigenvalue weighted by Crippen LogP contribution is 2.28. The average molecular weight is 230 g/mol. The number of nitrogens with two attached hydrogens (primary N) is 1. The first-order valence-corrected chi connectivity index (χ1v) is 4.91. The number of hydrogen-bond donors (Lipinski definition) is 2. The van der Waals surface area contributed by atoms with E-state index in [1.165, 1.54) is 0 Å². The van der Waals surface area contributed by atoms with Gasteiger partial charge in [0.1, 0.15) is 0 Å². The van der Waals surface area contributed by atoms with E-state index in [1.54, 1.807) is 0 Å². The Labute approximate surface area is 97.9 Å². The van der Waals surface area contributed by atoms with Gasteiger partial charge < -0.3 is 10.8 Å². The maximum atomic E-state index is 9.98. The van der Waals surface area contributed by atoms with Crippen LogP contribution in [0.2, 0.25) is 0 Å². The predicted molar refractivity (Wildman–Crippen MR) is 66.1 cm³/mol. The van der Waals surface area contributed by atoms with E-state index in [4.69, 9.17) is 5.73 Å². The fourth-order valence-corrected chi connectivity index (χ4v) is 1.40. The Morgan fingerprint density at radius 3 is 2.00 bits per heavy atom. The lowest BCUT2D eigenvalue weighted by Crippen LogP contribution is -2.36. The minimum absolute atomic E-state index is 0. The van der Waals surface area contributed by atoms with Crippen molar-refractivity contribution in [3.05, 3.63) is 35.9 Å². The van der Waals surface area contributed by atoms with E-state index in [1.807, 2.05) is 51.1 Å². The summed E-state index contributed by atoms with van der Waals surface area (Å²) in [5, 5.41) is 9.98. The van der Waals surface area contributed by atoms with Crippen molar-refractivity contribution < 1.29 is 5.11 Å². The molecule has 0 fully saturated rings. The highest BCUT2D eigenvalue weighted by Gasteiger charge is 2.28. The number of aliphatic hydroxyl groups excluding tert-OH is 1. The van der Waals surface area contributed by atoms with Crippen LogP contribution in [0.5, 0.6) is 0 Å². The predicted octanol–water partition coefficient (Wildman–Crippen LogP) is 2.52. The topological polar surface area (TPSA) is 46.2 Å². The fourth-order valence-electron chi connectivity index (χ4n) is 1.40. The monoisotopic (exact) mass is 229 g/mol. The van der Waals surface area contributed by atoms with E-state index in [0.29, 0.717) is 0 Å². The summed E-state index contributed by atoms with van der Waals surface area (Å²) in [4.78, 5) is 0. The van der Waals surface area contributed by atoms with Gasteiger partial charge in [-0.25, -0.2) is 0 Å². The molecule has 1 rings (SSSR count). The highest BCUT2D eigenvalue weighted by atomic mass is 35.5. The van der Waals surface area contributed by atoms with Gasteiger partial charge in [0.05, 0.1) is 12.1 Å². The molecule has 0 saturated heterocycles. The molecule has 2 atom stereocenters. The van der Waals surface area contributed by atoms with E-state index in [0.717, 1.165) is 5.56 Å². The zero-order valence-electron chi connectivity index (χ0n) is 9.47. The summed E-state index contributed by atoms with van der Waals surface area (Å²) in [7, 11) is 0. The molecule has 0 aliphatic carbocycles. The van der Waals surface area contributed by atoms with Crippen molar-refractivity contribution in [2.75, 3.05) is 0 Å². The van der Waals surface area contributed by atoms with Crippen LogP contribution in [-0.2, 0) is 0 Å². The van der Waals surface area contributed by atoms with Crippen LogP contribution in [0, 0.1) is 5.41 Å². The van der Waals surface area contributed by atoms with Crippen LogP contribution in [0.1, 0.15) is 32.4 Å². The van der Waals surface area contributed by atoms with Gasteiger partial charge in [0, 0.05) is 0 Å². The smallest absolute Gasteiger partial charge is 0.0780 e. The van der Waals surface area contributed by atoms with Crippen LogP contribution in [0.25, 0.3) is 0 Å². The molecule has 0 aliphatic heterocycles. The van der Waals surface area contributed by atoms with E-state index in [-0.39, 0.29) is 23.9 Å². The zero-order chi connectivity index (χ0) is 10.8. The quantitative estimate of drug-likeness (QED) is 0.819. The molecule has 0 saturated carbocycles. The van der Waals surface area contributed by atoms with Crippen molar-refractivity contribution in [1.29, 1.82) is 0 Å². The molecule has 0 heterocycles. The molecule has 3 N–H and O–H groups in total. The summed E-state index contributed by atoms with van der Waals surface area (Å²) in [6.45, 7) is 5.96. The van der Waals surface area contributed by atoms with Gasteiger partial charge in [0.25, 0.3) is 0 Å². The largest absolute Gasteiger partial charge is 0.391 e. The van der Waals surface area contributed by atoms with Crippen LogP contribution in [0.15, 0.2) is 30.3 Å². The third-order valence-electron chi connectivity index (χ3n) is 2.41. The van der Waals surface area contributed by atoms with Crippen molar-refractivity contribution >= 4 is 12.4 Å². The third-order valence-corrected chi connectivity index (χ3v) is 2.41. The number of benzene rings is 1. The molecule has 86 valence electrons. The summed E-state index contributed by atoms with van der Waals surface area (Å²) in [6.07, 6.45) is -0.523. The van der Waals surface area contributed by atoms with Gasteiger partial charge in [-0.2, -0.15) is 0 Å². The van der Waals surface area contributed by atoms with Gasteiger partial charge in [0.2, 0.25) is 0 Å². The Balaban J connectivity index is 0.00000196. The standard InChI is InChI=1S/C12H19NO.ClH/c1-12(2,3)11(14)10(13)9-7-5-4-6-8-9;/h4-8,10-11,14H,13H2,1-3H3;1H/t10-,11-;/m0./s1. The molecule has 0 spiro atoms. The first-order chi connectivity index (χ1) is 6.43. The van der Waals surface area contributed by atoms with Crippen LogP contribution in [0.3, 0.4) is 0 Å². The van der Waals surface area contributed by atoms with E-state index >= 15 is 0 Å². The molecule has 0 bridgehead atoms. The number of aliphatic hydroxyl groups is 1. The van der Waals surface area contributed by atoms with Crippen LogP contribution in [-0.4, -0.2) is 11.2 Å². The van der Waals surface area contributed by atoms with E-state index < -0.39 is 6.10 Å². The zero-order valence-corrected chi connectivity index (χ0v) is 10.3.